The molecular formula is C17H20N2O2S. The van der Waals surface area contributed by atoms with Crippen LogP contribution >= 0.6 is 0 Å². The average Bonchev–Trinajstić information content (AvgIpc) is 2.52. The molecule has 0 aromatic heterocycles. The minimum absolute atomic E-state index is 0.0563. The molecule has 0 aliphatic carbocycles. The average molecular weight is 316 g/mol. The van der Waals surface area contributed by atoms with Gasteiger partial charge in [-0.05, 0) is 44.0 Å². The molecule has 1 aliphatic heterocycles. The molecule has 0 radical (unpaired) electrons. The van der Waals surface area contributed by atoms with Crippen molar-refractivity contribution >= 4 is 21.4 Å². The van der Waals surface area contributed by atoms with Gasteiger partial charge >= 0.3 is 0 Å². The molecular weight excluding hydrogens is 296 g/mol. The molecule has 1 unspecified atom stereocenters. The first-order valence-electron chi connectivity index (χ1n) is 7.52. The summed E-state index contributed by atoms with van der Waals surface area (Å²) >= 11 is 0. The quantitative estimate of drug-likeness (QED) is 0.869. The third-order valence-electron chi connectivity index (χ3n) is 3.88. The summed E-state index contributed by atoms with van der Waals surface area (Å²) in [7, 11) is -3.31. The Balaban J connectivity index is 2.13. The largest absolute Gasteiger partial charge is 0.261 e. The van der Waals surface area contributed by atoms with Crippen molar-refractivity contribution in [3.8, 4) is 0 Å². The number of rotatable bonds is 3. The lowest BCUT2D eigenvalue weighted by atomic mass is 10.2. The fourth-order valence-corrected chi connectivity index (χ4v) is 4.69. The van der Waals surface area contributed by atoms with E-state index in [4.69, 9.17) is 0 Å². The first-order valence-corrected chi connectivity index (χ1v) is 9.13. The molecule has 1 fully saturated rings. The van der Waals surface area contributed by atoms with Gasteiger partial charge in [0.25, 0.3) is 0 Å². The molecule has 2 aromatic carbocycles. The van der Waals surface area contributed by atoms with E-state index in [1.165, 1.54) is 0 Å². The van der Waals surface area contributed by atoms with Crippen molar-refractivity contribution < 1.29 is 8.42 Å². The second-order valence-corrected chi connectivity index (χ2v) is 7.51. The Morgan fingerprint density at radius 3 is 1.91 bits per heavy atom. The van der Waals surface area contributed by atoms with Crippen LogP contribution in [-0.4, -0.2) is 24.6 Å². The number of hydrogen-bond acceptors (Lipinski definition) is 3. The fourth-order valence-electron chi connectivity index (χ4n) is 2.88. The van der Waals surface area contributed by atoms with Crippen molar-refractivity contribution in [2.75, 3.05) is 10.8 Å². The van der Waals surface area contributed by atoms with E-state index in [-0.39, 0.29) is 11.8 Å². The Kier molecular flexibility index (Phi) is 4.18. The van der Waals surface area contributed by atoms with E-state index >= 15 is 0 Å². The smallest absolute Gasteiger partial charge is 0.231 e. The van der Waals surface area contributed by atoms with E-state index < -0.39 is 10.0 Å². The zero-order valence-electron chi connectivity index (χ0n) is 12.6. The first-order chi connectivity index (χ1) is 10.6. The molecule has 1 atom stereocenters. The van der Waals surface area contributed by atoms with Crippen LogP contribution in [0.1, 0.15) is 19.8 Å². The van der Waals surface area contributed by atoms with Gasteiger partial charge < -0.3 is 0 Å². The van der Waals surface area contributed by atoms with Crippen LogP contribution in [0.5, 0.6) is 0 Å². The van der Waals surface area contributed by atoms with Gasteiger partial charge in [-0.3, -0.25) is 5.01 Å². The molecule has 0 amide bonds. The Hall–Kier alpha value is -1.85. The van der Waals surface area contributed by atoms with E-state index in [0.29, 0.717) is 0 Å². The summed E-state index contributed by atoms with van der Waals surface area (Å²) in [4.78, 5) is 0. The molecule has 0 N–H and O–H groups in total. The van der Waals surface area contributed by atoms with E-state index in [0.717, 1.165) is 24.2 Å². The monoisotopic (exact) mass is 316 g/mol. The SMILES string of the molecule is CC1CCCS(=O)(=O)N1N(c1ccccc1)c1ccccc1. The van der Waals surface area contributed by atoms with Crippen molar-refractivity contribution in [1.29, 1.82) is 0 Å². The lowest BCUT2D eigenvalue weighted by Crippen LogP contribution is -2.52. The van der Waals surface area contributed by atoms with Crippen LogP contribution in [0.15, 0.2) is 60.7 Å². The zero-order valence-corrected chi connectivity index (χ0v) is 13.4. The number of hydrazine groups is 1. The van der Waals surface area contributed by atoms with Crippen LogP contribution in [0, 0.1) is 0 Å². The maximum absolute atomic E-state index is 12.7. The summed E-state index contributed by atoms with van der Waals surface area (Å²) < 4.78 is 26.9. The highest BCUT2D eigenvalue weighted by Gasteiger charge is 2.37. The second kappa shape index (κ2) is 6.10. The van der Waals surface area contributed by atoms with Gasteiger partial charge in [-0.25, -0.2) is 8.42 Å². The molecule has 3 rings (SSSR count). The number of anilines is 2. The Morgan fingerprint density at radius 2 is 1.45 bits per heavy atom. The lowest BCUT2D eigenvalue weighted by molar-refractivity contribution is 0.306. The lowest BCUT2D eigenvalue weighted by Gasteiger charge is -2.41. The molecule has 116 valence electrons. The standard InChI is InChI=1S/C17H20N2O2S/c1-15-9-8-14-22(20,21)19(15)18(16-10-4-2-5-11-16)17-12-6-3-7-13-17/h2-7,10-13,15H,8-9,14H2,1H3. The second-order valence-electron chi connectivity index (χ2n) is 5.56. The highest BCUT2D eigenvalue weighted by molar-refractivity contribution is 7.89. The number of nitrogens with zero attached hydrogens (tertiary/aromatic N) is 2. The molecule has 1 heterocycles. The fraction of sp³-hybridized carbons (Fsp3) is 0.294. The maximum atomic E-state index is 12.7. The van der Waals surface area contributed by atoms with Gasteiger partial charge in [0.2, 0.25) is 10.0 Å². The van der Waals surface area contributed by atoms with E-state index in [9.17, 15) is 8.42 Å². The van der Waals surface area contributed by atoms with E-state index in [2.05, 4.69) is 0 Å². The molecule has 2 aromatic rings. The third-order valence-corrected chi connectivity index (χ3v) is 5.78. The van der Waals surface area contributed by atoms with Crippen molar-refractivity contribution in [3.63, 3.8) is 0 Å². The van der Waals surface area contributed by atoms with Crippen LogP contribution in [0.3, 0.4) is 0 Å². The Labute approximate surface area is 132 Å². The molecule has 1 saturated heterocycles. The van der Waals surface area contributed by atoms with Gasteiger partial charge in [-0.2, -0.15) is 0 Å². The topological polar surface area (TPSA) is 40.6 Å². The van der Waals surface area contributed by atoms with Gasteiger partial charge in [0.15, 0.2) is 0 Å². The Bertz CT molecular complexity index is 677. The molecule has 5 heteroatoms. The van der Waals surface area contributed by atoms with Crippen molar-refractivity contribution in [2.24, 2.45) is 0 Å². The van der Waals surface area contributed by atoms with Crippen LogP contribution in [0.2, 0.25) is 0 Å². The zero-order chi connectivity index (χ0) is 15.6. The van der Waals surface area contributed by atoms with Gasteiger partial charge in [-0.15, -0.1) is 4.41 Å². The third kappa shape index (κ3) is 2.87. The molecule has 0 spiro atoms. The Morgan fingerprint density at radius 1 is 0.955 bits per heavy atom. The van der Waals surface area contributed by atoms with Crippen LogP contribution < -0.4 is 5.01 Å². The predicted octanol–water partition coefficient (Wildman–Crippen LogP) is 3.55. The summed E-state index contributed by atoms with van der Waals surface area (Å²) in [6.45, 7) is 1.97. The van der Waals surface area contributed by atoms with Crippen molar-refractivity contribution in [3.05, 3.63) is 60.7 Å². The minimum atomic E-state index is -3.31. The van der Waals surface area contributed by atoms with E-state index in [1.807, 2.05) is 72.6 Å². The molecule has 1 aliphatic rings. The molecule has 0 bridgehead atoms. The highest BCUT2D eigenvalue weighted by atomic mass is 32.2. The van der Waals surface area contributed by atoms with Crippen molar-refractivity contribution in [1.82, 2.24) is 4.41 Å². The first kappa shape index (κ1) is 15.1. The van der Waals surface area contributed by atoms with Crippen LogP contribution in [0.25, 0.3) is 0 Å². The summed E-state index contributed by atoms with van der Waals surface area (Å²) in [5.41, 5.74) is 1.71. The van der Waals surface area contributed by atoms with Crippen molar-refractivity contribution in [2.45, 2.75) is 25.8 Å². The molecule has 4 nitrogen and oxygen atoms in total. The summed E-state index contributed by atoms with van der Waals surface area (Å²) in [6.07, 6.45) is 1.59. The normalized spacial score (nSPS) is 21.4. The van der Waals surface area contributed by atoms with Crippen LogP contribution in [0.4, 0.5) is 11.4 Å². The van der Waals surface area contributed by atoms with Gasteiger partial charge in [0, 0.05) is 6.04 Å². The predicted molar refractivity (Wildman–Crippen MR) is 89.3 cm³/mol. The maximum Gasteiger partial charge on any atom is 0.231 e. The number of sulfonamides is 1. The summed E-state index contributed by atoms with van der Waals surface area (Å²) in [6, 6.07) is 19.2. The number of hydrogen-bond donors (Lipinski definition) is 0. The van der Waals surface area contributed by atoms with E-state index in [1.54, 1.807) is 4.41 Å². The minimum Gasteiger partial charge on any atom is -0.261 e. The molecule has 0 saturated carbocycles. The summed E-state index contributed by atoms with van der Waals surface area (Å²) in [5.74, 6) is 0.202. The molecule has 22 heavy (non-hydrogen) atoms. The number of benzene rings is 2. The summed E-state index contributed by atoms with van der Waals surface area (Å²) in [5, 5.41) is 1.82. The number of para-hydroxylation sites is 2. The van der Waals surface area contributed by atoms with Crippen LogP contribution in [-0.2, 0) is 10.0 Å². The van der Waals surface area contributed by atoms with Gasteiger partial charge in [0.1, 0.15) is 0 Å². The van der Waals surface area contributed by atoms with Gasteiger partial charge in [-0.1, -0.05) is 36.4 Å². The van der Waals surface area contributed by atoms with Gasteiger partial charge in [0.05, 0.1) is 17.1 Å². The highest BCUT2D eigenvalue weighted by Crippen LogP contribution is 2.33.